The zero-order chi connectivity index (χ0) is 19.2. The SMILES string of the molecule is CN1CCC/C1=N/C(=N/c1ccc(OCc2ccccc2)cc1)N1CCCC1. The molecular weight excluding hydrogens is 348 g/mol. The molecule has 0 saturated carbocycles. The third-order valence-corrected chi connectivity index (χ3v) is 5.27. The highest BCUT2D eigenvalue weighted by Crippen LogP contribution is 2.22. The molecule has 2 saturated heterocycles. The summed E-state index contributed by atoms with van der Waals surface area (Å²) in [5.41, 5.74) is 2.08. The van der Waals surface area contributed by atoms with E-state index >= 15 is 0 Å². The third-order valence-electron chi connectivity index (χ3n) is 5.27. The fourth-order valence-electron chi connectivity index (χ4n) is 3.61. The summed E-state index contributed by atoms with van der Waals surface area (Å²) in [6.07, 6.45) is 4.64. The van der Waals surface area contributed by atoms with Gasteiger partial charge in [-0.1, -0.05) is 30.3 Å². The van der Waals surface area contributed by atoms with Crippen LogP contribution in [0.4, 0.5) is 5.69 Å². The van der Waals surface area contributed by atoms with E-state index in [1.54, 1.807) is 0 Å². The molecule has 146 valence electrons. The first-order valence-corrected chi connectivity index (χ1v) is 10.2. The van der Waals surface area contributed by atoms with Crippen molar-refractivity contribution in [3.63, 3.8) is 0 Å². The van der Waals surface area contributed by atoms with Gasteiger partial charge in [0, 0.05) is 33.1 Å². The summed E-state index contributed by atoms with van der Waals surface area (Å²) < 4.78 is 5.88. The molecule has 0 unspecified atom stereocenters. The zero-order valence-corrected chi connectivity index (χ0v) is 16.6. The van der Waals surface area contributed by atoms with Crippen LogP contribution in [-0.2, 0) is 6.61 Å². The first-order chi connectivity index (χ1) is 13.8. The summed E-state index contributed by atoms with van der Waals surface area (Å²) in [7, 11) is 2.12. The third kappa shape index (κ3) is 4.71. The van der Waals surface area contributed by atoms with Crippen LogP contribution < -0.4 is 4.74 Å². The number of guanidine groups is 1. The lowest BCUT2D eigenvalue weighted by Gasteiger charge is -2.19. The average Bonchev–Trinajstić information content (AvgIpc) is 3.40. The lowest BCUT2D eigenvalue weighted by molar-refractivity contribution is 0.306. The van der Waals surface area contributed by atoms with E-state index in [4.69, 9.17) is 14.7 Å². The number of likely N-dealkylation sites (tertiary alicyclic amines) is 2. The molecule has 0 aliphatic carbocycles. The molecule has 2 aromatic rings. The predicted molar refractivity (Wildman–Crippen MR) is 114 cm³/mol. The fraction of sp³-hybridized carbons (Fsp3) is 0.391. The largest absolute Gasteiger partial charge is 0.489 e. The van der Waals surface area contributed by atoms with E-state index in [0.717, 1.165) is 54.9 Å². The Balaban J connectivity index is 1.48. The molecule has 0 spiro atoms. The van der Waals surface area contributed by atoms with E-state index < -0.39 is 0 Å². The Morgan fingerprint density at radius 2 is 1.68 bits per heavy atom. The van der Waals surface area contributed by atoms with Crippen molar-refractivity contribution < 1.29 is 4.74 Å². The zero-order valence-electron chi connectivity index (χ0n) is 16.6. The van der Waals surface area contributed by atoms with Crippen molar-refractivity contribution in [1.82, 2.24) is 9.80 Å². The Morgan fingerprint density at radius 1 is 0.929 bits per heavy atom. The van der Waals surface area contributed by atoms with Gasteiger partial charge in [0.15, 0.2) is 0 Å². The quantitative estimate of drug-likeness (QED) is 0.584. The molecule has 0 amide bonds. The predicted octanol–water partition coefficient (Wildman–Crippen LogP) is 4.47. The molecule has 0 radical (unpaired) electrons. The van der Waals surface area contributed by atoms with Crippen LogP contribution in [0.15, 0.2) is 64.6 Å². The van der Waals surface area contributed by atoms with E-state index in [1.807, 2.05) is 42.5 Å². The van der Waals surface area contributed by atoms with Crippen LogP contribution >= 0.6 is 0 Å². The summed E-state index contributed by atoms with van der Waals surface area (Å²) in [5, 5.41) is 0. The van der Waals surface area contributed by atoms with E-state index in [9.17, 15) is 0 Å². The monoisotopic (exact) mass is 376 g/mol. The van der Waals surface area contributed by atoms with Gasteiger partial charge < -0.3 is 14.5 Å². The molecule has 2 aliphatic rings. The first-order valence-electron chi connectivity index (χ1n) is 10.2. The van der Waals surface area contributed by atoms with Crippen molar-refractivity contribution in [2.75, 3.05) is 26.7 Å². The number of ether oxygens (including phenoxy) is 1. The maximum Gasteiger partial charge on any atom is 0.227 e. The van der Waals surface area contributed by atoms with Gasteiger partial charge in [-0.3, -0.25) is 0 Å². The number of aliphatic imine (C=N–C) groups is 2. The van der Waals surface area contributed by atoms with Gasteiger partial charge in [0.25, 0.3) is 0 Å². The van der Waals surface area contributed by atoms with Crippen LogP contribution in [0.25, 0.3) is 0 Å². The highest BCUT2D eigenvalue weighted by molar-refractivity contribution is 5.97. The van der Waals surface area contributed by atoms with Gasteiger partial charge in [-0.15, -0.1) is 0 Å². The van der Waals surface area contributed by atoms with Crippen molar-refractivity contribution in [1.29, 1.82) is 0 Å². The molecule has 2 aromatic carbocycles. The fourth-order valence-corrected chi connectivity index (χ4v) is 3.61. The Hall–Kier alpha value is -2.82. The van der Waals surface area contributed by atoms with E-state index in [1.165, 1.54) is 19.3 Å². The molecule has 0 aromatic heterocycles. The maximum atomic E-state index is 5.88. The van der Waals surface area contributed by atoms with Crippen LogP contribution in [0.5, 0.6) is 5.75 Å². The number of nitrogens with zero attached hydrogens (tertiary/aromatic N) is 4. The van der Waals surface area contributed by atoms with E-state index in [2.05, 4.69) is 29.0 Å². The summed E-state index contributed by atoms with van der Waals surface area (Å²) >= 11 is 0. The molecule has 5 nitrogen and oxygen atoms in total. The lowest BCUT2D eigenvalue weighted by Crippen LogP contribution is -2.29. The minimum absolute atomic E-state index is 0.572. The van der Waals surface area contributed by atoms with Crippen LogP contribution in [0.2, 0.25) is 0 Å². The van der Waals surface area contributed by atoms with Crippen LogP contribution in [0, 0.1) is 0 Å². The molecule has 0 N–H and O–H groups in total. The van der Waals surface area contributed by atoms with Gasteiger partial charge in [-0.05, 0) is 49.1 Å². The number of benzene rings is 2. The second-order valence-corrected chi connectivity index (χ2v) is 7.43. The second-order valence-electron chi connectivity index (χ2n) is 7.43. The highest BCUT2D eigenvalue weighted by atomic mass is 16.5. The van der Waals surface area contributed by atoms with Crippen LogP contribution in [0.3, 0.4) is 0 Å². The van der Waals surface area contributed by atoms with Gasteiger partial charge in [-0.25, -0.2) is 4.99 Å². The second kappa shape index (κ2) is 8.91. The molecule has 2 aliphatic heterocycles. The smallest absolute Gasteiger partial charge is 0.227 e. The highest BCUT2D eigenvalue weighted by Gasteiger charge is 2.20. The van der Waals surface area contributed by atoms with Crippen LogP contribution in [-0.4, -0.2) is 48.3 Å². The molecule has 0 atom stereocenters. The van der Waals surface area contributed by atoms with Gasteiger partial charge in [0.05, 0.1) is 5.69 Å². The van der Waals surface area contributed by atoms with Crippen molar-refractivity contribution in [2.45, 2.75) is 32.3 Å². The minimum atomic E-state index is 0.572. The van der Waals surface area contributed by atoms with Crippen LogP contribution in [0.1, 0.15) is 31.2 Å². The number of hydrogen-bond donors (Lipinski definition) is 0. The van der Waals surface area contributed by atoms with Gasteiger partial charge >= 0.3 is 0 Å². The van der Waals surface area contributed by atoms with Crippen molar-refractivity contribution >= 4 is 17.5 Å². The molecule has 5 heteroatoms. The minimum Gasteiger partial charge on any atom is -0.489 e. The first kappa shape index (κ1) is 18.5. The number of hydrogen-bond acceptors (Lipinski definition) is 2. The van der Waals surface area contributed by atoms with Crippen molar-refractivity contribution in [3.8, 4) is 5.75 Å². The normalized spacial score (nSPS) is 18.9. The topological polar surface area (TPSA) is 40.4 Å². The van der Waals surface area contributed by atoms with Crippen molar-refractivity contribution in [2.24, 2.45) is 9.98 Å². The Bertz CT molecular complexity index is 823. The molecule has 2 heterocycles. The maximum absolute atomic E-state index is 5.88. The van der Waals surface area contributed by atoms with Gasteiger partial charge in [0.1, 0.15) is 18.2 Å². The number of rotatable bonds is 4. The summed E-state index contributed by atoms with van der Waals surface area (Å²) in [5.74, 6) is 2.85. The molecule has 4 rings (SSSR count). The number of amidine groups is 1. The molecule has 0 bridgehead atoms. The van der Waals surface area contributed by atoms with E-state index in [0.29, 0.717) is 6.61 Å². The molecule has 28 heavy (non-hydrogen) atoms. The average molecular weight is 377 g/mol. The summed E-state index contributed by atoms with van der Waals surface area (Å²) in [6.45, 7) is 3.73. The standard InChI is InChI=1S/C23H28N4O/c1-26-15-7-10-22(26)25-23(27-16-5-6-17-27)24-20-11-13-21(14-12-20)28-18-19-8-3-2-4-9-19/h2-4,8-9,11-14H,5-7,10,15-18H2,1H3/b24-23-,25-22-. The lowest BCUT2D eigenvalue weighted by atomic mass is 10.2. The summed E-state index contributed by atoms with van der Waals surface area (Å²) in [6, 6.07) is 18.2. The Labute approximate surface area is 167 Å². The molecule has 2 fully saturated rings. The van der Waals surface area contributed by atoms with Gasteiger partial charge in [0.2, 0.25) is 5.96 Å². The molecular formula is C23H28N4O. The van der Waals surface area contributed by atoms with E-state index in [-0.39, 0.29) is 0 Å². The Kier molecular flexibility index (Phi) is 5.90. The van der Waals surface area contributed by atoms with Crippen molar-refractivity contribution in [3.05, 3.63) is 60.2 Å². The van der Waals surface area contributed by atoms with Gasteiger partial charge in [-0.2, -0.15) is 4.99 Å². The summed E-state index contributed by atoms with van der Waals surface area (Å²) in [4.78, 5) is 14.3. The Morgan fingerprint density at radius 3 is 2.36 bits per heavy atom.